The fourth-order valence-electron chi connectivity index (χ4n) is 4.71. The maximum Gasteiger partial charge on any atom is 0.321 e. The number of carbonyl (C=O) groups excluding carboxylic acids is 1. The molecule has 0 aliphatic carbocycles. The van der Waals surface area contributed by atoms with Crippen LogP contribution < -0.4 is 10.1 Å². The molecule has 2 aromatic rings. The zero-order chi connectivity index (χ0) is 22.3. The molecule has 7 heteroatoms. The van der Waals surface area contributed by atoms with Gasteiger partial charge in [0.05, 0.1) is 7.11 Å². The third kappa shape index (κ3) is 5.99. The first-order valence-corrected chi connectivity index (χ1v) is 11.5. The van der Waals surface area contributed by atoms with E-state index in [0.29, 0.717) is 18.3 Å². The summed E-state index contributed by atoms with van der Waals surface area (Å²) in [6, 6.07) is 14.8. The van der Waals surface area contributed by atoms with Crippen molar-refractivity contribution >= 4 is 11.7 Å². The molecular weight excluding hydrogens is 407 g/mol. The highest BCUT2D eigenvalue weighted by Crippen LogP contribution is 2.21. The molecule has 2 aliphatic heterocycles. The number of likely N-dealkylation sites (tertiary alicyclic amines) is 1. The summed E-state index contributed by atoms with van der Waals surface area (Å²) in [5.41, 5.74) is 1.82. The second-order valence-corrected chi connectivity index (χ2v) is 8.67. The normalized spacial score (nSPS) is 18.9. The van der Waals surface area contributed by atoms with Crippen LogP contribution in [0.3, 0.4) is 0 Å². The Labute approximate surface area is 189 Å². The fourth-order valence-corrected chi connectivity index (χ4v) is 4.71. The van der Waals surface area contributed by atoms with Crippen molar-refractivity contribution in [2.75, 3.05) is 51.7 Å². The molecule has 0 atom stereocenters. The molecule has 1 N–H and O–H groups in total. The van der Waals surface area contributed by atoms with E-state index in [1.54, 1.807) is 19.2 Å². The Bertz CT molecular complexity index is 884. The van der Waals surface area contributed by atoms with Crippen LogP contribution in [0.15, 0.2) is 48.5 Å². The molecule has 2 amide bonds. The van der Waals surface area contributed by atoms with Crippen LogP contribution in [0.2, 0.25) is 0 Å². The standard InChI is InChI=1S/C25H33FN4O2/c1-32-24-8-6-20(7-9-24)19-28-14-10-23(11-15-28)29-12-3-13-30(17-16-29)25(31)27-22-5-2-4-21(26)18-22/h2,4-9,18,23H,3,10-17,19H2,1H3,(H,27,31). The van der Waals surface area contributed by atoms with Gasteiger partial charge in [0, 0.05) is 44.5 Å². The molecule has 2 aromatic carbocycles. The van der Waals surface area contributed by atoms with E-state index in [4.69, 9.17) is 4.74 Å². The summed E-state index contributed by atoms with van der Waals surface area (Å²) in [5.74, 6) is 0.551. The lowest BCUT2D eigenvalue weighted by Crippen LogP contribution is -2.46. The van der Waals surface area contributed by atoms with Crippen molar-refractivity contribution in [3.63, 3.8) is 0 Å². The number of halogens is 1. The van der Waals surface area contributed by atoms with Crippen molar-refractivity contribution in [3.05, 3.63) is 59.9 Å². The van der Waals surface area contributed by atoms with Crippen molar-refractivity contribution in [1.82, 2.24) is 14.7 Å². The van der Waals surface area contributed by atoms with Crippen LogP contribution in [-0.4, -0.2) is 73.2 Å². The lowest BCUT2D eigenvalue weighted by molar-refractivity contribution is 0.108. The second-order valence-electron chi connectivity index (χ2n) is 8.67. The predicted molar refractivity (Wildman–Crippen MR) is 124 cm³/mol. The summed E-state index contributed by atoms with van der Waals surface area (Å²) in [5, 5.41) is 2.82. The Kier molecular flexibility index (Phi) is 7.60. The first-order valence-electron chi connectivity index (χ1n) is 11.5. The van der Waals surface area contributed by atoms with Gasteiger partial charge in [-0.05, 0) is 68.2 Å². The fraction of sp³-hybridized carbons (Fsp3) is 0.480. The molecule has 0 bridgehead atoms. The van der Waals surface area contributed by atoms with Crippen LogP contribution in [0.25, 0.3) is 0 Å². The summed E-state index contributed by atoms with van der Waals surface area (Å²) in [6.07, 6.45) is 3.28. The summed E-state index contributed by atoms with van der Waals surface area (Å²) in [7, 11) is 1.69. The lowest BCUT2D eigenvalue weighted by Gasteiger charge is -2.38. The molecule has 32 heavy (non-hydrogen) atoms. The van der Waals surface area contributed by atoms with E-state index in [1.165, 1.54) is 17.7 Å². The minimum Gasteiger partial charge on any atom is -0.497 e. The van der Waals surface area contributed by atoms with E-state index in [-0.39, 0.29) is 11.8 Å². The van der Waals surface area contributed by atoms with Gasteiger partial charge in [-0.2, -0.15) is 0 Å². The van der Waals surface area contributed by atoms with Gasteiger partial charge in [-0.25, -0.2) is 9.18 Å². The Balaban J connectivity index is 1.23. The molecule has 2 saturated heterocycles. The number of nitrogens with zero attached hydrogens (tertiary/aromatic N) is 3. The summed E-state index contributed by atoms with van der Waals surface area (Å²) < 4.78 is 18.6. The van der Waals surface area contributed by atoms with Gasteiger partial charge in [0.15, 0.2) is 0 Å². The number of rotatable bonds is 5. The SMILES string of the molecule is COc1ccc(CN2CCC(N3CCCN(C(=O)Nc4cccc(F)c4)CC3)CC2)cc1. The quantitative estimate of drug-likeness (QED) is 0.763. The van der Waals surface area contributed by atoms with Gasteiger partial charge in [0.1, 0.15) is 11.6 Å². The topological polar surface area (TPSA) is 48.1 Å². The Morgan fingerprint density at radius 1 is 1.03 bits per heavy atom. The van der Waals surface area contributed by atoms with Crippen LogP contribution in [0, 0.1) is 5.82 Å². The van der Waals surface area contributed by atoms with Crippen LogP contribution in [0.1, 0.15) is 24.8 Å². The van der Waals surface area contributed by atoms with Crippen LogP contribution >= 0.6 is 0 Å². The summed E-state index contributed by atoms with van der Waals surface area (Å²) in [6.45, 7) is 6.51. The summed E-state index contributed by atoms with van der Waals surface area (Å²) in [4.78, 5) is 19.6. The lowest BCUT2D eigenvalue weighted by atomic mass is 10.0. The van der Waals surface area contributed by atoms with Crippen molar-refractivity contribution in [2.45, 2.75) is 31.8 Å². The van der Waals surface area contributed by atoms with Crippen molar-refractivity contribution in [1.29, 1.82) is 0 Å². The number of carbonyl (C=O) groups is 1. The number of hydrogen-bond acceptors (Lipinski definition) is 4. The number of benzene rings is 2. The van der Waals surface area contributed by atoms with Gasteiger partial charge in [-0.1, -0.05) is 18.2 Å². The second kappa shape index (κ2) is 10.8. The molecule has 2 heterocycles. The molecule has 0 aromatic heterocycles. The number of nitrogens with one attached hydrogen (secondary N) is 1. The number of methoxy groups -OCH3 is 1. The highest BCUT2D eigenvalue weighted by Gasteiger charge is 2.27. The first-order chi connectivity index (χ1) is 15.6. The predicted octanol–water partition coefficient (Wildman–Crippen LogP) is 4.04. The third-order valence-corrected chi connectivity index (χ3v) is 6.53. The van der Waals surface area contributed by atoms with Crippen LogP contribution in [-0.2, 0) is 6.54 Å². The van der Waals surface area contributed by atoms with Crippen molar-refractivity contribution < 1.29 is 13.9 Å². The number of urea groups is 1. The van der Waals surface area contributed by atoms with E-state index in [2.05, 4.69) is 27.2 Å². The third-order valence-electron chi connectivity index (χ3n) is 6.53. The van der Waals surface area contributed by atoms with Gasteiger partial charge in [-0.15, -0.1) is 0 Å². The number of piperidine rings is 1. The zero-order valence-corrected chi connectivity index (χ0v) is 18.8. The minimum atomic E-state index is -0.344. The van der Waals surface area contributed by atoms with Crippen LogP contribution in [0.5, 0.6) is 5.75 Å². The first kappa shape index (κ1) is 22.6. The molecule has 172 valence electrons. The van der Waals surface area contributed by atoms with Gasteiger partial charge < -0.3 is 15.0 Å². The monoisotopic (exact) mass is 440 g/mol. The van der Waals surface area contributed by atoms with Crippen molar-refractivity contribution in [2.24, 2.45) is 0 Å². The maximum absolute atomic E-state index is 13.4. The molecule has 6 nitrogen and oxygen atoms in total. The highest BCUT2D eigenvalue weighted by atomic mass is 19.1. The molecular formula is C25H33FN4O2. The smallest absolute Gasteiger partial charge is 0.321 e. The van der Waals surface area contributed by atoms with Gasteiger partial charge in [-0.3, -0.25) is 9.80 Å². The molecule has 0 spiro atoms. The minimum absolute atomic E-state index is 0.147. The molecule has 0 saturated carbocycles. The average molecular weight is 441 g/mol. The van der Waals surface area contributed by atoms with Gasteiger partial charge >= 0.3 is 6.03 Å². The average Bonchev–Trinajstić information content (AvgIpc) is 3.07. The van der Waals surface area contributed by atoms with Gasteiger partial charge in [0.2, 0.25) is 0 Å². The molecule has 2 fully saturated rings. The highest BCUT2D eigenvalue weighted by molar-refractivity contribution is 5.89. The number of anilines is 1. The Morgan fingerprint density at radius 2 is 1.81 bits per heavy atom. The Hall–Kier alpha value is -2.64. The molecule has 0 radical (unpaired) electrons. The van der Waals surface area contributed by atoms with E-state index < -0.39 is 0 Å². The molecule has 2 aliphatic rings. The van der Waals surface area contributed by atoms with Crippen molar-refractivity contribution in [3.8, 4) is 5.75 Å². The van der Waals surface area contributed by atoms with Crippen LogP contribution in [0.4, 0.5) is 14.9 Å². The maximum atomic E-state index is 13.4. The Morgan fingerprint density at radius 3 is 2.53 bits per heavy atom. The van der Waals surface area contributed by atoms with E-state index in [0.717, 1.165) is 64.3 Å². The molecule has 0 unspecified atom stereocenters. The molecule has 4 rings (SSSR count). The van der Waals surface area contributed by atoms with E-state index >= 15 is 0 Å². The zero-order valence-electron chi connectivity index (χ0n) is 18.8. The van der Waals surface area contributed by atoms with E-state index in [1.807, 2.05) is 17.0 Å². The number of amides is 2. The van der Waals surface area contributed by atoms with E-state index in [9.17, 15) is 9.18 Å². The number of hydrogen-bond donors (Lipinski definition) is 1. The summed E-state index contributed by atoms with van der Waals surface area (Å²) >= 11 is 0. The number of ether oxygens (including phenoxy) is 1. The van der Waals surface area contributed by atoms with Gasteiger partial charge in [0.25, 0.3) is 0 Å². The largest absolute Gasteiger partial charge is 0.497 e.